The normalized spacial score (nSPS) is 45.1. The maximum Gasteiger partial charge on any atom is 0.0163 e. The summed E-state index contributed by atoms with van der Waals surface area (Å²) >= 11 is 0. The molecular formula is C54H92N2. The summed E-state index contributed by atoms with van der Waals surface area (Å²) in [7, 11) is 0. The van der Waals surface area contributed by atoms with Crippen molar-refractivity contribution in [2.45, 2.75) is 268 Å². The van der Waals surface area contributed by atoms with Gasteiger partial charge in [-0.1, -0.05) is 90.2 Å². The number of fused-ring (bicyclic) bond motifs is 2. The van der Waals surface area contributed by atoms with Crippen LogP contribution >= 0.6 is 0 Å². The molecule has 9 saturated carbocycles. The molecule has 9 rings (SSSR count). The lowest BCUT2D eigenvalue weighted by molar-refractivity contribution is -0.135. The molecular weight excluding hydrogens is 677 g/mol. The van der Waals surface area contributed by atoms with Crippen LogP contribution < -0.4 is 0 Å². The van der Waals surface area contributed by atoms with Gasteiger partial charge in [-0.25, -0.2) is 0 Å². The van der Waals surface area contributed by atoms with Crippen LogP contribution in [0.3, 0.4) is 0 Å². The highest BCUT2D eigenvalue weighted by Crippen LogP contribution is 2.60. The van der Waals surface area contributed by atoms with Crippen LogP contribution in [-0.4, -0.2) is 46.1 Å². The van der Waals surface area contributed by atoms with Gasteiger partial charge in [-0.3, -0.25) is 9.80 Å². The SMILES string of the molecule is CC1CCC(N(C2CCC(C)CC2)C2C3CCCCC3C(C3CCC(/C=C/C4CCC(N(C5CCCCC5)C5CCCCC5)CC4)CC3)C3CCCCC32)CC1. The largest absolute Gasteiger partial charge is 0.294 e. The van der Waals surface area contributed by atoms with Crippen LogP contribution in [0.2, 0.25) is 0 Å². The molecule has 9 aliphatic carbocycles. The lowest BCUT2D eigenvalue weighted by Gasteiger charge is -2.63. The highest BCUT2D eigenvalue weighted by Gasteiger charge is 2.56. The van der Waals surface area contributed by atoms with Gasteiger partial charge in [0.15, 0.2) is 0 Å². The minimum absolute atomic E-state index is 0.868. The fourth-order valence-electron chi connectivity index (χ4n) is 17.1. The summed E-state index contributed by atoms with van der Waals surface area (Å²) in [6.07, 6.45) is 57.2. The van der Waals surface area contributed by atoms with Gasteiger partial charge in [-0.05, 0) is 213 Å². The van der Waals surface area contributed by atoms with E-state index in [-0.39, 0.29) is 0 Å². The molecule has 2 heteroatoms. The maximum absolute atomic E-state index is 3.43. The van der Waals surface area contributed by atoms with Crippen molar-refractivity contribution in [1.82, 2.24) is 9.80 Å². The summed E-state index contributed by atoms with van der Waals surface area (Å²) in [5.74, 6) is 9.93. The van der Waals surface area contributed by atoms with Crippen molar-refractivity contribution in [3.8, 4) is 0 Å². The fraction of sp³-hybridized carbons (Fsp3) is 0.963. The molecule has 318 valence electrons. The second-order valence-corrected chi connectivity index (χ2v) is 23.2. The molecule has 2 nitrogen and oxygen atoms in total. The molecule has 4 atom stereocenters. The molecule has 0 heterocycles. The number of allylic oxidation sites excluding steroid dienone is 2. The summed E-state index contributed by atoms with van der Waals surface area (Å²) in [6.45, 7) is 5.11. The minimum atomic E-state index is 0.868. The van der Waals surface area contributed by atoms with Gasteiger partial charge in [0.05, 0.1) is 0 Å². The van der Waals surface area contributed by atoms with Gasteiger partial charge in [0.1, 0.15) is 0 Å². The first-order valence-corrected chi connectivity index (χ1v) is 26.8. The summed E-state index contributed by atoms with van der Waals surface area (Å²) < 4.78 is 0. The van der Waals surface area contributed by atoms with Crippen LogP contribution in [0.4, 0.5) is 0 Å². The Kier molecular flexibility index (Phi) is 14.3. The molecule has 9 aliphatic rings. The van der Waals surface area contributed by atoms with Crippen molar-refractivity contribution < 1.29 is 0 Å². The van der Waals surface area contributed by atoms with Crippen molar-refractivity contribution >= 4 is 0 Å². The summed E-state index contributed by atoms with van der Waals surface area (Å²) in [5, 5.41) is 0. The van der Waals surface area contributed by atoms with Crippen molar-refractivity contribution in [1.29, 1.82) is 0 Å². The molecule has 0 aromatic heterocycles. The van der Waals surface area contributed by atoms with Gasteiger partial charge >= 0.3 is 0 Å². The van der Waals surface area contributed by atoms with E-state index in [4.69, 9.17) is 0 Å². The van der Waals surface area contributed by atoms with E-state index in [0.29, 0.717) is 0 Å². The summed E-state index contributed by atoms with van der Waals surface area (Å²) in [5.41, 5.74) is 0. The van der Waals surface area contributed by atoms with Gasteiger partial charge in [0.25, 0.3) is 0 Å². The Labute approximate surface area is 348 Å². The second-order valence-electron chi connectivity index (χ2n) is 23.2. The van der Waals surface area contributed by atoms with Gasteiger partial charge in [-0.15, -0.1) is 0 Å². The van der Waals surface area contributed by atoms with E-state index in [1.54, 1.807) is 51.4 Å². The molecule has 0 aromatic carbocycles. The third-order valence-corrected chi connectivity index (χ3v) is 19.9. The molecule has 4 unspecified atom stereocenters. The predicted molar refractivity (Wildman–Crippen MR) is 239 cm³/mol. The van der Waals surface area contributed by atoms with Crippen molar-refractivity contribution in [3.63, 3.8) is 0 Å². The third kappa shape index (κ3) is 9.28. The monoisotopic (exact) mass is 769 g/mol. The molecule has 0 spiro atoms. The van der Waals surface area contributed by atoms with Crippen molar-refractivity contribution in [2.75, 3.05) is 0 Å². The summed E-state index contributed by atoms with van der Waals surface area (Å²) in [6, 6.07) is 5.48. The van der Waals surface area contributed by atoms with Crippen LogP contribution in [0.25, 0.3) is 0 Å². The molecule has 56 heavy (non-hydrogen) atoms. The van der Waals surface area contributed by atoms with E-state index in [1.807, 2.05) is 0 Å². The Morgan fingerprint density at radius 2 is 0.643 bits per heavy atom. The smallest absolute Gasteiger partial charge is 0.0163 e. The average Bonchev–Trinajstić information content (AvgIpc) is 3.25. The Morgan fingerprint density at radius 3 is 1.09 bits per heavy atom. The first kappa shape index (κ1) is 41.0. The lowest BCUT2D eigenvalue weighted by atomic mass is 9.48. The molecule has 0 amide bonds. The topological polar surface area (TPSA) is 6.48 Å². The number of nitrogens with zero attached hydrogens (tertiary/aromatic N) is 2. The summed E-state index contributed by atoms with van der Waals surface area (Å²) in [4.78, 5) is 6.61. The van der Waals surface area contributed by atoms with E-state index in [1.165, 1.54) is 167 Å². The van der Waals surface area contributed by atoms with Crippen LogP contribution in [0.5, 0.6) is 0 Å². The van der Waals surface area contributed by atoms with E-state index in [9.17, 15) is 0 Å². The molecule has 0 aromatic rings. The molecule has 9 fully saturated rings. The molecule has 0 aliphatic heterocycles. The third-order valence-electron chi connectivity index (χ3n) is 19.9. The lowest BCUT2D eigenvalue weighted by Crippen LogP contribution is -2.64. The standard InChI is InChI=1S/C54H92N2/c1-39-21-33-47(34-22-39)56(48-35-23-40(2)24-36-48)54-51-19-11-9-17-49(51)53(50-18-10-12-20-52(50)54)43-31-27-41(28-32-43)25-26-42-29-37-46(38-30-42)55(44-13-5-3-6-14-44)45-15-7-4-8-16-45/h25-26,39-54H,3-24,27-38H2,1-2H3/b26-25+. The van der Waals surface area contributed by atoms with E-state index in [0.717, 1.165) is 95.4 Å². The first-order valence-electron chi connectivity index (χ1n) is 26.8. The minimum Gasteiger partial charge on any atom is -0.294 e. The van der Waals surface area contributed by atoms with E-state index in [2.05, 4.69) is 35.8 Å². The Bertz CT molecular complexity index is 1120. The highest BCUT2D eigenvalue weighted by molar-refractivity contribution is 5.08. The Balaban J connectivity index is 0.840. The van der Waals surface area contributed by atoms with Gasteiger partial charge < -0.3 is 0 Å². The van der Waals surface area contributed by atoms with Crippen LogP contribution in [0, 0.1) is 59.2 Å². The van der Waals surface area contributed by atoms with E-state index >= 15 is 0 Å². The number of hydrogen-bond acceptors (Lipinski definition) is 2. The zero-order valence-electron chi connectivity index (χ0n) is 37.3. The van der Waals surface area contributed by atoms with Crippen molar-refractivity contribution in [3.05, 3.63) is 12.2 Å². The fourth-order valence-corrected chi connectivity index (χ4v) is 17.1. The zero-order valence-corrected chi connectivity index (χ0v) is 37.3. The maximum atomic E-state index is 3.43. The predicted octanol–water partition coefficient (Wildman–Crippen LogP) is 14.9. The quantitative estimate of drug-likeness (QED) is 0.216. The Morgan fingerprint density at radius 1 is 0.304 bits per heavy atom. The van der Waals surface area contributed by atoms with Crippen LogP contribution in [-0.2, 0) is 0 Å². The highest BCUT2D eigenvalue weighted by atomic mass is 15.2. The van der Waals surface area contributed by atoms with Crippen LogP contribution in [0.15, 0.2) is 12.2 Å². The Hall–Kier alpha value is -0.340. The van der Waals surface area contributed by atoms with Crippen LogP contribution in [0.1, 0.15) is 232 Å². The molecule has 0 N–H and O–H groups in total. The number of rotatable bonds is 9. The van der Waals surface area contributed by atoms with Gasteiger partial charge in [0, 0.05) is 36.3 Å². The molecule has 0 bridgehead atoms. The van der Waals surface area contributed by atoms with Gasteiger partial charge in [0.2, 0.25) is 0 Å². The van der Waals surface area contributed by atoms with E-state index < -0.39 is 0 Å². The molecule has 0 saturated heterocycles. The average molecular weight is 769 g/mol. The van der Waals surface area contributed by atoms with Gasteiger partial charge in [-0.2, -0.15) is 0 Å². The molecule has 0 radical (unpaired) electrons. The number of hydrogen-bond donors (Lipinski definition) is 0. The first-order chi connectivity index (χ1) is 27.6. The van der Waals surface area contributed by atoms with Crippen molar-refractivity contribution in [2.24, 2.45) is 59.2 Å². The zero-order chi connectivity index (χ0) is 37.8. The second kappa shape index (κ2) is 19.6.